The molecule has 4 nitrogen and oxygen atoms in total. The fourth-order valence-corrected chi connectivity index (χ4v) is 2.34. The standard InChI is InChI=1S/C19H24N2O2/c1-13(2)11-17(22)21-12-16-9-6-10-20-19(16)23-18-14(3)7-5-8-15(18)4/h5-10,13H,11-12H2,1-4H3,(H,21,22). The second-order valence-electron chi connectivity index (χ2n) is 6.17. The minimum Gasteiger partial charge on any atom is -0.438 e. The van der Waals surface area contributed by atoms with Gasteiger partial charge in [0.2, 0.25) is 11.8 Å². The van der Waals surface area contributed by atoms with Crippen LogP contribution in [-0.2, 0) is 11.3 Å². The number of carbonyl (C=O) groups is 1. The number of hydrogen-bond donors (Lipinski definition) is 1. The van der Waals surface area contributed by atoms with Crippen molar-refractivity contribution in [3.05, 3.63) is 53.2 Å². The van der Waals surface area contributed by atoms with E-state index >= 15 is 0 Å². The van der Waals surface area contributed by atoms with E-state index in [1.54, 1.807) is 6.20 Å². The molecule has 0 aliphatic carbocycles. The molecule has 2 aromatic rings. The van der Waals surface area contributed by atoms with Crippen molar-refractivity contribution < 1.29 is 9.53 Å². The molecular weight excluding hydrogens is 288 g/mol. The van der Waals surface area contributed by atoms with Crippen LogP contribution in [0.25, 0.3) is 0 Å². The second kappa shape index (κ2) is 7.77. The third-order valence-corrected chi connectivity index (χ3v) is 3.53. The van der Waals surface area contributed by atoms with Crippen molar-refractivity contribution in [2.45, 2.75) is 40.7 Å². The number of rotatable bonds is 6. The van der Waals surface area contributed by atoms with Crippen molar-refractivity contribution in [1.29, 1.82) is 0 Å². The van der Waals surface area contributed by atoms with Gasteiger partial charge in [0, 0.05) is 24.7 Å². The van der Waals surface area contributed by atoms with Gasteiger partial charge >= 0.3 is 0 Å². The van der Waals surface area contributed by atoms with E-state index in [9.17, 15) is 4.79 Å². The zero-order chi connectivity index (χ0) is 16.8. The predicted octanol–water partition coefficient (Wildman–Crippen LogP) is 4.15. The molecule has 0 saturated carbocycles. The molecule has 0 aliphatic rings. The topological polar surface area (TPSA) is 51.2 Å². The summed E-state index contributed by atoms with van der Waals surface area (Å²) in [6.07, 6.45) is 2.22. The van der Waals surface area contributed by atoms with Crippen LogP contribution >= 0.6 is 0 Å². The van der Waals surface area contributed by atoms with Gasteiger partial charge < -0.3 is 10.1 Å². The predicted molar refractivity (Wildman–Crippen MR) is 91.5 cm³/mol. The van der Waals surface area contributed by atoms with Gasteiger partial charge in [0.05, 0.1) is 0 Å². The van der Waals surface area contributed by atoms with E-state index in [-0.39, 0.29) is 5.91 Å². The molecule has 2 rings (SSSR count). The Morgan fingerprint density at radius 2 is 1.87 bits per heavy atom. The normalized spacial score (nSPS) is 10.7. The second-order valence-corrected chi connectivity index (χ2v) is 6.17. The number of para-hydroxylation sites is 1. The number of benzene rings is 1. The highest BCUT2D eigenvalue weighted by Gasteiger charge is 2.11. The maximum atomic E-state index is 11.8. The lowest BCUT2D eigenvalue weighted by molar-refractivity contribution is -0.121. The molecule has 0 unspecified atom stereocenters. The summed E-state index contributed by atoms with van der Waals surface area (Å²) in [5.74, 6) is 1.74. The van der Waals surface area contributed by atoms with Gasteiger partial charge in [0.25, 0.3) is 0 Å². The Balaban J connectivity index is 2.13. The van der Waals surface area contributed by atoms with Crippen LogP contribution < -0.4 is 10.1 Å². The minimum absolute atomic E-state index is 0.0434. The van der Waals surface area contributed by atoms with E-state index in [2.05, 4.69) is 10.3 Å². The van der Waals surface area contributed by atoms with Crippen molar-refractivity contribution in [2.24, 2.45) is 5.92 Å². The number of nitrogens with one attached hydrogen (secondary N) is 1. The molecular formula is C19H24N2O2. The van der Waals surface area contributed by atoms with E-state index in [4.69, 9.17) is 4.74 Å². The van der Waals surface area contributed by atoms with Gasteiger partial charge in [0.15, 0.2) is 0 Å². The molecule has 0 fully saturated rings. The number of pyridine rings is 1. The summed E-state index contributed by atoms with van der Waals surface area (Å²) in [7, 11) is 0. The number of amides is 1. The van der Waals surface area contributed by atoms with Crippen molar-refractivity contribution in [2.75, 3.05) is 0 Å². The highest BCUT2D eigenvalue weighted by molar-refractivity contribution is 5.76. The minimum atomic E-state index is 0.0434. The Hall–Kier alpha value is -2.36. The Labute approximate surface area is 137 Å². The number of ether oxygens (including phenoxy) is 1. The van der Waals surface area contributed by atoms with Crippen LogP contribution in [0.4, 0.5) is 0 Å². The fraction of sp³-hybridized carbons (Fsp3) is 0.368. The smallest absolute Gasteiger partial charge is 0.224 e. The quantitative estimate of drug-likeness (QED) is 0.871. The summed E-state index contributed by atoms with van der Waals surface area (Å²) in [4.78, 5) is 16.2. The van der Waals surface area contributed by atoms with E-state index in [1.807, 2.05) is 58.0 Å². The Morgan fingerprint density at radius 1 is 1.17 bits per heavy atom. The molecule has 4 heteroatoms. The summed E-state index contributed by atoms with van der Waals surface area (Å²) in [5, 5.41) is 2.93. The highest BCUT2D eigenvalue weighted by atomic mass is 16.5. The van der Waals surface area contributed by atoms with Crippen LogP contribution in [-0.4, -0.2) is 10.9 Å². The number of nitrogens with zero attached hydrogens (tertiary/aromatic N) is 1. The average molecular weight is 312 g/mol. The summed E-state index contributed by atoms with van der Waals surface area (Å²) < 4.78 is 6.02. The van der Waals surface area contributed by atoms with Crippen LogP contribution in [0.2, 0.25) is 0 Å². The number of hydrogen-bond acceptors (Lipinski definition) is 3. The SMILES string of the molecule is Cc1cccc(C)c1Oc1ncccc1CNC(=O)CC(C)C. The number of aryl methyl sites for hydroxylation is 2. The Bertz CT molecular complexity index is 661. The van der Waals surface area contributed by atoms with Gasteiger partial charge in [0.1, 0.15) is 5.75 Å². The zero-order valence-electron chi connectivity index (χ0n) is 14.2. The molecule has 0 spiro atoms. The van der Waals surface area contributed by atoms with Gasteiger partial charge in [-0.25, -0.2) is 4.98 Å². The molecule has 0 radical (unpaired) electrons. The van der Waals surface area contributed by atoms with Gasteiger partial charge in [-0.3, -0.25) is 4.79 Å². The van der Waals surface area contributed by atoms with E-state index in [0.717, 1.165) is 22.4 Å². The van der Waals surface area contributed by atoms with E-state index < -0.39 is 0 Å². The monoisotopic (exact) mass is 312 g/mol. The first-order valence-electron chi connectivity index (χ1n) is 7.92. The van der Waals surface area contributed by atoms with Crippen molar-refractivity contribution in [1.82, 2.24) is 10.3 Å². The lowest BCUT2D eigenvalue weighted by atomic mass is 10.1. The Morgan fingerprint density at radius 3 is 2.52 bits per heavy atom. The third kappa shape index (κ3) is 4.81. The molecule has 0 atom stereocenters. The van der Waals surface area contributed by atoms with Crippen LogP contribution in [0, 0.1) is 19.8 Å². The molecule has 1 aromatic heterocycles. The summed E-state index contributed by atoms with van der Waals surface area (Å²) in [6.45, 7) is 8.49. The molecule has 23 heavy (non-hydrogen) atoms. The maximum Gasteiger partial charge on any atom is 0.224 e. The van der Waals surface area contributed by atoms with Crippen LogP contribution in [0.5, 0.6) is 11.6 Å². The summed E-state index contributed by atoms with van der Waals surface area (Å²) >= 11 is 0. The summed E-state index contributed by atoms with van der Waals surface area (Å²) in [5.41, 5.74) is 2.99. The van der Waals surface area contributed by atoms with Crippen molar-refractivity contribution in [3.8, 4) is 11.6 Å². The van der Waals surface area contributed by atoms with Crippen LogP contribution in [0.3, 0.4) is 0 Å². The molecule has 122 valence electrons. The molecule has 0 bridgehead atoms. The van der Waals surface area contributed by atoms with Gasteiger partial charge in [-0.05, 0) is 37.0 Å². The first-order chi connectivity index (χ1) is 11.0. The van der Waals surface area contributed by atoms with Crippen molar-refractivity contribution in [3.63, 3.8) is 0 Å². The largest absolute Gasteiger partial charge is 0.438 e. The van der Waals surface area contributed by atoms with Gasteiger partial charge in [-0.2, -0.15) is 0 Å². The number of aromatic nitrogens is 1. The molecule has 1 aromatic carbocycles. The lowest BCUT2D eigenvalue weighted by Gasteiger charge is -2.14. The first kappa shape index (κ1) is 17.0. The van der Waals surface area contributed by atoms with E-state index in [0.29, 0.717) is 24.8 Å². The molecule has 1 N–H and O–H groups in total. The van der Waals surface area contributed by atoms with Gasteiger partial charge in [-0.1, -0.05) is 38.1 Å². The third-order valence-electron chi connectivity index (χ3n) is 3.53. The maximum absolute atomic E-state index is 11.8. The molecule has 1 amide bonds. The van der Waals surface area contributed by atoms with Crippen LogP contribution in [0.1, 0.15) is 37.0 Å². The van der Waals surface area contributed by atoms with Crippen molar-refractivity contribution >= 4 is 5.91 Å². The van der Waals surface area contributed by atoms with E-state index in [1.165, 1.54) is 0 Å². The molecule has 0 aliphatic heterocycles. The highest BCUT2D eigenvalue weighted by Crippen LogP contribution is 2.29. The lowest BCUT2D eigenvalue weighted by Crippen LogP contribution is -2.24. The Kier molecular flexibility index (Phi) is 5.74. The zero-order valence-corrected chi connectivity index (χ0v) is 14.2. The van der Waals surface area contributed by atoms with Gasteiger partial charge in [-0.15, -0.1) is 0 Å². The number of carbonyl (C=O) groups excluding carboxylic acids is 1. The van der Waals surface area contributed by atoms with Crippen LogP contribution in [0.15, 0.2) is 36.5 Å². The molecule has 0 saturated heterocycles. The fourth-order valence-electron chi connectivity index (χ4n) is 2.34. The molecule has 1 heterocycles. The average Bonchev–Trinajstić information content (AvgIpc) is 2.49. The summed E-state index contributed by atoms with van der Waals surface area (Å²) in [6, 6.07) is 9.79. The first-order valence-corrected chi connectivity index (χ1v) is 7.92.